The summed E-state index contributed by atoms with van der Waals surface area (Å²) in [7, 11) is 0. The molecule has 90 valence electrons. The minimum Gasteiger partial charge on any atom is -0.303 e. The molecule has 6 heteroatoms. The van der Waals surface area contributed by atoms with Crippen molar-refractivity contribution in [3.8, 4) is 0 Å². The van der Waals surface area contributed by atoms with Crippen molar-refractivity contribution in [3.05, 3.63) is 34.1 Å². The highest BCUT2D eigenvalue weighted by Gasteiger charge is 2.41. The van der Waals surface area contributed by atoms with Crippen molar-refractivity contribution in [1.29, 1.82) is 0 Å². The fourth-order valence-corrected chi connectivity index (χ4v) is 1.73. The molecule has 0 fully saturated rings. The van der Waals surface area contributed by atoms with Crippen LogP contribution in [0, 0.1) is 5.82 Å². The van der Waals surface area contributed by atoms with Gasteiger partial charge in [0.2, 0.25) is 0 Å². The maximum Gasteiger partial charge on any atom is 0.408 e. The zero-order valence-corrected chi connectivity index (χ0v) is 9.99. The van der Waals surface area contributed by atoms with Gasteiger partial charge < -0.3 is 5.32 Å². The topological polar surface area (TPSA) is 12.0 Å². The minimum absolute atomic E-state index is 0.0251. The van der Waals surface area contributed by atoms with Crippen LogP contribution in [0.1, 0.15) is 18.5 Å². The maximum absolute atomic E-state index is 13.5. The molecule has 1 atom stereocenters. The van der Waals surface area contributed by atoms with E-state index in [-0.39, 0.29) is 11.0 Å². The van der Waals surface area contributed by atoms with E-state index in [1.807, 2.05) is 0 Å². The maximum atomic E-state index is 13.5. The molecule has 1 N–H and O–H groups in total. The van der Waals surface area contributed by atoms with E-state index >= 15 is 0 Å². The van der Waals surface area contributed by atoms with Crippen molar-refractivity contribution in [1.82, 2.24) is 5.32 Å². The summed E-state index contributed by atoms with van der Waals surface area (Å²) < 4.78 is 51.5. The van der Waals surface area contributed by atoms with Crippen molar-refractivity contribution in [2.75, 3.05) is 6.54 Å². The van der Waals surface area contributed by atoms with Gasteiger partial charge in [0, 0.05) is 5.56 Å². The molecular weight excluding hydrogens is 290 g/mol. The monoisotopic (exact) mass is 299 g/mol. The molecule has 0 amide bonds. The number of hydrogen-bond donors (Lipinski definition) is 1. The lowest BCUT2D eigenvalue weighted by Gasteiger charge is -2.22. The molecule has 0 saturated heterocycles. The summed E-state index contributed by atoms with van der Waals surface area (Å²) in [5.41, 5.74) is -0.399. The third-order valence-corrected chi connectivity index (χ3v) is 2.64. The van der Waals surface area contributed by atoms with Crippen LogP contribution < -0.4 is 5.32 Å². The smallest absolute Gasteiger partial charge is 0.303 e. The SMILES string of the molecule is CCNC(c1cccc(Br)c1F)C(F)(F)F. The fourth-order valence-electron chi connectivity index (χ4n) is 1.35. The Balaban J connectivity index is 3.16. The van der Waals surface area contributed by atoms with Gasteiger partial charge in [-0.05, 0) is 28.5 Å². The van der Waals surface area contributed by atoms with E-state index in [1.165, 1.54) is 19.1 Å². The average Bonchev–Trinajstić information content (AvgIpc) is 2.18. The molecule has 0 spiro atoms. The average molecular weight is 300 g/mol. The molecule has 0 aromatic heterocycles. The summed E-state index contributed by atoms with van der Waals surface area (Å²) in [4.78, 5) is 0. The van der Waals surface area contributed by atoms with Crippen LogP contribution in [0.5, 0.6) is 0 Å². The predicted molar refractivity (Wildman–Crippen MR) is 56.6 cm³/mol. The summed E-state index contributed by atoms with van der Waals surface area (Å²) in [6.07, 6.45) is -4.52. The van der Waals surface area contributed by atoms with Gasteiger partial charge in [0.05, 0.1) is 4.47 Å². The van der Waals surface area contributed by atoms with Gasteiger partial charge in [0.15, 0.2) is 0 Å². The molecule has 0 bridgehead atoms. The van der Waals surface area contributed by atoms with E-state index in [0.717, 1.165) is 6.07 Å². The number of rotatable bonds is 3. The number of benzene rings is 1. The van der Waals surface area contributed by atoms with Crippen LogP contribution in [0.25, 0.3) is 0 Å². The van der Waals surface area contributed by atoms with E-state index in [9.17, 15) is 17.6 Å². The first kappa shape index (κ1) is 13.4. The molecule has 1 aromatic carbocycles. The van der Waals surface area contributed by atoms with Crippen LogP contribution in [0.3, 0.4) is 0 Å². The lowest BCUT2D eigenvalue weighted by molar-refractivity contribution is -0.158. The Bertz CT molecular complexity index is 364. The minimum atomic E-state index is -4.52. The van der Waals surface area contributed by atoms with Crippen molar-refractivity contribution in [2.24, 2.45) is 0 Å². The highest BCUT2D eigenvalue weighted by Crippen LogP contribution is 2.35. The van der Waals surface area contributed by atoms with Gasteiger partial charge in [0.1, 0.15) is 11.9 Å². The largest absolute Gasteiger partial charge is 0.408 e. The van der Waals surface area contributed by atoms with E-state index < -0.39 is 23.6 Å². The lowest BCUT2D eigenvalue weighted by Crippen LogP contribution is -2.34. The Hall–Kier alpha value is -0.620. The summed E-state index contributed by atoms with van der Waals surface area (Å²) >= 11 is 2.86. The molecule has 0 radical (unpaired) electrons. The van der Waals surface area contributed by atoms with Crippen molar-refractivity contribution in [2.45, 2.75) is 19.1 Å². The Morgan fingerprint density at radius 1 is 1.38 bits per heavy atom. The number of nitrogens with one attached hydrogen (secondary N) is 1. The van der Waals surface area contributed by atoms with Gasteiger partial charge in [-0.25, -0.2) is 4.39 Å². The summed E-state index contributed by atoms with van der Waals surface area (Å²) in [6, 6.07) is 1.88. The first-order valence-electron chi connectivity index (χ1n) is 4.62. The Morgan fingerprint density at radius 3 is 2.50 bits per heavy atom. The van der Waals surface area contributed by atoms with Gasteiger partial charge in [-0.1, -0.05) is 19.1 Å². The normalized spacial score (nSPS) is 13.9. The molecule has 0 heterocycles. The lowest BCUT2D eigenvalue weighted by atomic mass is 10.1. The standard InChI is InChI=1S/C10H10BrF4N/c1-2-16-9(10(13,14)15)6-4-3-5-7(11)8(6)12/h3-5,9,16H,2H2,1H3. The highest BCUT2D eigenvalue weighted by atomic mass is 79.9. The molecule has 0 aliphatic carbocycles. The number of hydrogen-bond acceptors (Lipinski definition) is 1. The third-order valence-electron chi connectivity index (χ3n) is 2.03. The summed E-state index contributed by atoms with van der Waals surface area (Å²) in [5, 5.41) is 2.22. The first-order chi connectivity index (χ1) is 7.38. The van der Waals surface area contributed by atoms with Gasteiger partial charge >= 0.3 is 6.18 Å². The summed E-state index contributed by atoms with van der Waals surface area (Å²) in [5.74, 6) is -0.884. The molecule has 0 aliphatic heterocycles. The van der Waals surface area contributed by atoms with E-state index in [2.05, 4.69) is 21.2 Å². The van der Waals surface area contributed by atoms with Crippen molar-refractivity contribution >= 4 is 15.9 Å². The van der Waals surface area contributed by atoms with Crippen LogP contribution in [0.4, 0.5) is 17.6 Å². The van der Waals surface area contributed by atoms with Crippen LogP contribution in [0.2, 0.25) is 0 Å². The Morgan fingerprint density at radius 2 is 2.00 bits per heavy atom. The molecule has 1 aromatic rings. The van der Waals surface area contributed by atoms with Crippen LogP contribution in [-0.2, 0) is 0 Å². The molecule has 0 aliphatic rings. The van der Waals surface area contributed by atoms with Gasteiger partial charge in [-0.3, -0.25) is 0 Å². The zero-order valence-electron chi connectivity index (χ0n) is 8.41. The van der Waals surface area contributed by atoms with Crippen LogP contribution >= 0.6 is 15.9 Å². The van der Waals surface area contributed by atoms with Crippen molar-refractivity contribution < 1.29 is 17.6 Å². The van der Waals surface area contributed by atoms with Crippen LogP contribution in [-0.4, -0.2) is 12.7 Å². The molecule has 1 unspecified atom stereocenters. The van der Waals surface area contributed by atoms with E-state index in [0.29, 0.717) is 0 Å². The molecular formula is C10H10BrF4N. The van der Waals surface area contributed by atoms with Crippen molar-refractivity contribution in [3.63, 3.8) is 0 Å². The fraction of sp³-hybridized carbons (Fsp3) is 0.400. The highest BCUT2D eigenvalue weighted by molar-refractivity contribution is 9.10. The zero-order chi connectivity index (χ0) is 12.3. The molecule has 16 heavy (non-hydrogen) atoms. The van der Waals surface area contributed by atoms with Gasteiger partial charge in [-0.15, -0.1) is 0 Å². The number of alkyl halides is 3. The van der Waals surface area contributed by atoms with Gasteiger partial charge in [-0.2, -0.15) is 13.2 Å². The summed E-state index contributed by atoms with van der Waals surface area (Å²) in [6.45, 7) is 1.64. The quantitative estimate of drug-likeness (QED) is 0.837. The second kappa shape index (κ2) is 5.14. The molecule has 1 nitrogen and oxygen atoms in total. The Kier molecular flexibility index (Phi) is 4.32. The van der Waals surface area contributed by atoms with E-state index in [4.69, 9.17) is 0 Å². The van der Waals surface area contributed by atoms with E-state index in [1.54, 1.807) is 0 Å². The molecule has 0 saturated carbocycles. The first-order valence-corrected chi connectivity index (χ1v) is 5.41. The predicted octanol–water partition coefficient (Wildman–Crippen LogP) is 3.80. The second-order valence-electron chi connectivity index (χ2n) is 3.18. The Labute approximate surface area is 99.0 Å². The number of halogens is 5. The van der Waals surface area contributed by atoms with Crippen LogP contribution in [0.15, 0.2) is 22.7 Å². The van der Waals surface area contributed by atoms with Gasteiger partial charge in [0.25, 0.3) is 0 Å². The molecule has 1 rings (SSSR count). The third kappa shape index (κ3) is 2.95. The second-order valence-corrected chi connectivity index (χ2v) is 4.03.